The van der Waals surface area contributed by atoms with Gasteiger partial charge in [-0.15, -0.1) is 0 Å². The minimum absolute atomic E-state index is 0.102. The molecule has 1 saturated heterocycles. The van der Waals surface area contributed by atoms with Gasteiger partial charge in [0.25, 0.3) is 0 Å². The molecule has 0 radical (unpaired) electrons. The number of carbonyl (C=O) groups excluding carboxylic acids is 3. The standard InChI is InChI=1S/C21H22N2O3/c24-16-19-12-7-15-22(19)20(25)13-14-21(26)23(17-8-3-1-4-9-17)18-10-5-2-6-11-18/h1-6,8-11,16,19H,7,12-15H2/t19-/m0/s1. The molecular formula is C21H22N2O3. The Balaban J connectivity index is 1.72. The van der Waals surface area contributed by atoms with Gasteiger partial charge in [0, 0.05) is 30.8 Å². The third-order valence-electron chi connectivity index (χ3n) is 4.61. The van der Waals surface area contributed by atoms with Crippen LogP contribution < -0.4 is 4.90 Å². The molecule has 0 spiro atoms. The van der Waals surface area contributed by atoms with Gasteiger partial charge in [-0.05, 0) is 37.1 Å². The monoisotopic (exact) mass is 350 g/mol. The molecule has 0 aliphatic carbocycles. The van der Waals surface area contributed by atoms with Crippen LogP contribution in [0, 0.1) is 0 Å². The van der Waals surface area contributed by atoms with Crippen molar-refractivity contribution in [3.63, 3.8) is 0 Å². The molecule has 0 N–H and O–H groups in total. The summed E-state index contributed by atoms with van der Waals surface area (Å²) in [6.07, 6.45) is 2.59. The molecule has 1 heterocycles. The van der Waals surface area contributed by atoms with Gasteiger partial charge in [0.2, 0.25) is 11.8 Å². The Labute approximate surface area is 153 Å². The fourth-order valence-electron chi connectivity index (χ4n) is 3.30. The van der Waals surface area contributed by atoms with E-state index in [4.69, 9.17) is 0 Å². The molecule has 1 atom stereocenters. The summed E-state index contributed by atoms with van der Waals surface area (Å²) in [6, 6.07) is 18.4. The number of hydrogen-bond acceptors (Lipinski definition) is 3. The van der Waals surface area contributed by atoms with E-state index in [0.717, 1.165) is 24.1 Å². The summed E-state index contributed by atoms with van der Waals surface area (Å²) >= 11 is 0. The quantitative estimate of drug-likeness (QED) is 0.751. The van der Waals surface area contributed by atoms with Gasteiger partial charge in [-0.3, -0.25) is 14.5 Å². The maximum atomic E-state index is 12.9. The molecule has 1 aliphatic rings. The minimum Gasteiger partial charge on any atom is -0.333 e. The second kappa shape index (κ2) is 8.43. The molecule has 26 heavy (non-hydrogen) atoms. The first-order valence-corrected chi connectivity index (χ1v) is 8.88. The number of carbonyl (C=O) groups is 3. The summed E-state index contributed by atoms with van der Waals surface area (Å²) in [4.78, 5) is 39.6. The molecule has 2 aromatic rings. The van der Waals surface area contributed by atoms with E-state index in [1.165, 1.54) is 0 Å². The number of benzene rings is 2. The minimum atomic E-state index is -0.336. The predicted molar refractivity (Wildman–Crippen MR) is 100 cm³/mol. The number of aldehydes is 1. The van der Waals surface area contributed by atoms with Crippen LogP contribution in [0.4, 0.5) is 11.4 Å². The summed E-state index contributed by atoms with van der Waals surface area (Å²) in [5.41, 5.74) is 1.53. The molecule has 0 unspecified atom stereocenters. The summed E-state index contributed by atoms with van der Waals surface area (Å²) in [7, 11) is 0. The lowest BCUT2D eigenvalue weighted by Gasteiger charge is -2.24. The van der Waals surface area contributed by atoms with Crippen LogP contribution in [0.15, 0.2) is 60.7 Å². The Morgan fingerprint density at radius 1 is 0.962 bits per heavy atom. The van der Waals surface area contributed by atoms with Crippen LogP contribution in [-0.4, -0.2) is 35.6 Å². The average Bonchev–Trinajstić information content (AvgIpc) is 3.17. The molecular weight excluding hydrogens is 328 g/mol. The first-order valence-electron chi connectivity index (χ1n) is 8.88. The maximum absolute atomic E-state index is 12.9. The molecule has 2 aromatic carbocycles. The average molecular weight is 350 g/mol. The predicted octanol–water partition coefficient (Wildman–Crippen LogP) is 3.32. The van der Waals surface area contributed by atoms with Gasteiger partial charge in [0.1, 0.15) is 6.29 Å². The zero-order valence-corrected chi connectivity index (χ0v) is 14.6. The topological polar surface area (TPSA) is 57.7 Å². The van der Waals surface area contributed by atoms with Crippen LogP contribution in [0.2, 0.25) is 0 Å². The van der Waals surface area contributed by atoms with Crippen LogP contribution in [-0.2, 0) is 14.4 Å². The van der Waals surface area contributed by atoms with E-state index in [-0.39, 0.29) is 30.7 Å². The normalized spacial score (nSPS) is 16.3. The van der Waals surface area contributed by atoms with Crippen molar-refractivity contribution in [2.45, 2.75) is 31.7 Å². The highest BCUT2D eigenvalue weighted by Gasteiger charge is 2.29. The summed E-state index contributed by atoms with van der Waals surface area (Å²) in [6.45, 7) is 0.595. The first-order chi connectivity index (χ1) is 12.7. The summed E-state index contributed by atoms with van der Waals surface area (Å²) < 4.78 is 0. The zero-order valence-electron chi connectivity index (χ0n) is 14.6. The van der Waals surface area contributed by atoms with Gasteiger partial charge in [0.15, 0.2) is 0 Å². The third kappa shape index (κ3) is 3.99. The van der Waals surface area contributed by atoms with Crippen molar-refractivity contribution in [2.75, 3.05) is 11.4 Å². The number of nitrogens with zero attached hydrogens (tertiary/aromatic N) is 2. The molecule has 0 aromatic heterocycles. The summed E-state index contributed by atoms with van der Waals surface area (Å²) in [5, 5.41) is 0. The van der Waals surface area contributed by atoms with E-state index in [9.17, 15) is 14.4 Å². The van der Waals surface area contributed by atoms with Crippen molar-refractivity contribution in [1.29, 1.82) is 0 Å². The Morgan fingerprint density at radius 3 is 2.08 bits per heavy atom. The fourth-order valence-corrected chi connectivity index (χ4v) is 3.30. The molecule has 1 fully saturated rings. The second-order valence-corrected chi connectivity index (χ2v) is 6.33. The molecule has 134 valence electrons. The molecule has 5 nitrogen and oxygen atoms in total. The number of likely N-dealkylation sites (tertiary alicyclic amines) is 1. The van der Waals surface area contributed by atoms with Crippen molar-refractivity contribution in [3.8, 4) is 0 Å². The number of amides is 2. The van der Waals surface area contributed by atoms with Gasteiger partial charge in [0.05, 0.1) is 6.04 Å². The van der Waals surface area contributed by atoms with E-state index in [1.54, 1.807) is 9.80 Å². The smallest absolute Gasteiger partial charge is 0.232 e. The van der Waals surface area contributed by atoms with Crippen LogP contribution in [0.1, 0.15) is 25.7 Å². The highest BCUT2D eigenvalue weighted by atomic mass is 16.2. The highest BCUT2D eigenvalue weighted by molar-refractivity contribution is 6.01. The number of para-hydroxylation sites is 2. The van der Waals surface area contributed by atoms with Gasteiger partial charge < -0.3 is 9.69 Å². The van der Waals surface area contributed by atoms with E-state index in [0.29, 0.717) is 13.0 Å². The Hall–Kier alpha value is -2.95. The van der Waals surface area contributed by atoms with Crippen molar-refractivity contribution >= 4 is 29.5 Å². The van der Waals surface area contributed by atoms with Gasteiger partial charge in [-0.2, -0.15) is 0 Å². The second-order valence-electron chi connectivity index (χ2n) is 6.33. The Morgan fingerprint density at radius 2 is 1.54 bits per heavy atom. The van der Waals surface area contributed by atoms with E-state index in [2.05, 4.69) is 0 Å². The highest BCUT2D eigenvalue weighted by Crippen LogP contribution is 2.26. The maximum Gasteiger partial charge on any atom is 0.232 e. The van der Waals surface area contributed by atoms with E-state index < -0.39 is 0 Å². The number of hydrogen-bond donors (Lipinski definition) is 0. The van der Waals surface area contributed by atoms with Crippen LogP contribution in [0.25, 0.3) is 0 Å². The molecule has 3 rings (SSSR count). The van der Waals surface area contributed by atoms with Crippen molar-refractivity contribution in [2.24, 2.45) is 0 Å². The van der Waals surface area contributed by atoms with Gasteiger partial charge >= 0.3 is 0 Å². The van der Waals surface area contributed by atoms with E-state index in [1.807, 2.05) is 60.7 Å². The Kier molecular flexibility index (Phi) is 5.79. The third-order valence-corrected chi connectivity index (χ3v) is 4.61. The lowest BCUT2D eigenvalue weighted by Crippen LogP contribution is -2.37. The molecule has 0 bridgehead atoms. The van der Waals surface area contributed by atoms with Crippen molar-refractivity contribution in [3.05, 3.63) is 60.7 Å². The molecule has 2 amide bonds. The van der Waals surface area contributed by atoms with Crippen LogP contribution in [0.3, 0.4) is 0 Å². The molecule has 0 saturated carbocycles. The van der Waals surface area contributed by atoms with Gasteiger partial charge in [-0.1, -0.05) is 36.4 Å². The zero-order chi connectivity index (χ0) is 18.4. The fraction of sp³-hybridized carbons (Fsp3) is 0.286. The SMILES string of the molecule is O=C[C@@H]1CCCN1C(=O)CCC(=O)N(c1ccccc1)c1ccccc1. The number of anilines is 2. The van der Waals surface area contributed by atoms with Crippen molar-refractivity contribution in [1.82, 2.24) is 4.90 Å². The molecule has 5 heteroatoms. The van der Waals surface area contributed by atoms with Gasteiger partial charge in [-0.25, -0.2) is 0 Å². The largest absolute Gasteiger partial charge is 0.333 e. The van der Waals surface area contributed by atoms with Crippen LogP contribution >= 0.6 is 0 Å². The molecule has 1 aliphatic heterocycles. The summed E-state index contributed by atoms with van der Waals surface area (Å²) in [5.74, 6) is -0.272. The first kappa shape index (κ1) is 17.9. The number of rotatable bonds is 6. The lowest BCUT2D eigenvalue weighted by atomic mass is 10.1. The Bertz CT molecular complexity index is 722. The van der Waals surface area contributed by atoms with E-state index >= 15 is 0 Å². The van der Waals surface area contributed by atoms with Crippen molar-refractivity contribution < 1.29 is 14.4 Å². The lowest BCUT2D eigenvalue weighted by molar-refractivity contribution is -0.135. The van der Waals surface area contributed by atoms with Crippen LogP contribution in [0.5, 0.6) is 0 Å².